The van der Waals surface area contributed by atoms with Crippen molar-refractivity contribution in [3.8, 4) is 0 Å². The number of hydrazine groups is 1. The topological polar surface area (TPSA) is 97.6 Å². The smallest absolute Gasteiger partial charge is 0.331 e. The van der Waals surface area contributed by atoms with Crippen molar-refractivity contribution in [1.29, 1.82) is 0 Å². The molecule has 2 amide bonds. The van der Waals surface area contributed by atoms with Crippen LogP contribution in [0.25, 0.3) is 6.08 Å². The summed E-state index contributed by atoms with van der Waals surface area (Å²) in [6.07, 6.45) is 4.15. The predicted molar refractivity (Wildman–Crippen MR) is 85.5 cm³/mol. The van der Waals surface area contributed by atoms with Gasteiger partial charge >= 0.3 is 11.9 Å². The Labute approximate surface area is 138 Å². The number of ether oxygens (including phenoxy) is 1. The van der Waals surface area contributed by atoms with E-state index in [4.69, 9.17) is 9.15 Å². The largest absolute Gasteiger partial charge is 0.459 e. The van der Waals surface area contributed by atoms with E-state index in [1.165, 1.54) is 18.4 Å². The summed E-state index contributed by atoms with van der Waals surface area (Å²) >= 11 is 0. The van der Waals surface area contributed by atoms with Gasteiger partial charge in [0.25, 0.3) is 5.91 Å². The summed E-state index contributed by atoms with van der Waals surface area (Å²) in [4.78, 5) is 34.5. The third kappa shape index (κ3) is 5.45. The number of aryl methyl sites for hydroxylation is 1. The minimum absolute atomic E-state index is 0.0494. The van der Waals surface area contributed by atoms with E-state index in [1.807, 2.05) is 31.2 Å². The van der Waals surface area contributed by atoms with E-state index in [1.54, 1.807) is 12.1 Å². The van der Waals surface area contributed by atoms with Gasteiger partial charge < -0.3 is 9.15 Å². The molecule has 1 aromatic carbocycles. The highest BCUT2D eigenvalue weighted by atomic mass is 16.5. The van der Waals surface area contributed by atoms with E-state index in [-0.39, 0.29) is 5.76 Å². The number of carbonyl (C=O) groups excluding carboxylic acids is 3. The molecule has 24 heavy (non-hydrogen) atoms. The van der Waals surface area contributed by atoms with Gasteiger partial charge in [-0.3, -0.25) is 20.4 Å². The maximum atomic E-state index is 11.5. The Kier molecular flexibility index (Phi) is 5.90. The molecule has 2 rings (SSSR count). The van der Waals surface area contributed by atoms with Crippen LogP contribution in [0.5, 0.6) is 0 Å². The van der Waals surface area contributed by atoms with E-state index in [0.29, 0.717) is 0 Å². The fraction of sp³-hybridized carbons (Fsp3) is 0.118. The van der Waals surface area contributed by atoms with Crippen molar-refractivity contribution in [2.24, 2.45) is 0 Å². The lowest BCUT2D eigenvalue weighted by atomic mass is 10.1. The van der Waals surface area contributed by atoms with E-state index in [9.17, 15) is 14.4 Å². The summed E-state index contributed by atoms with van der Waals surface area (Å²) in [6.45, 7) is 1.42. The molecule has 7 nitrogen and oxygen atoms in total. The standard InChI is InChI=1S/C17H16N2O5/c1-12-4-2-5-13(10-12)7-8-16(21)24-11-15(20)18-19-17(22)14-6-3-9-23-14/h2-10H,11H2,1H3,(H,18,20)(H,19,22)/b8-7+. The Morgan fingerprint density at radius 2 is 2.00 bits per heavy atom. The van der Waals surface area contributed by atoms with Crippen molar-refractivity contribution in [1.82, 2.24) is 10.9 Å². The van der Waals surface area contributed by atoms with Crippen LogP contribution in [0.4, 0.5) is 0 Å². The molecule has 2 aromatic rings. The number of furan rings is 1. The van der Waals surface area contributed by atoms with Gasteiger partial charge in [-0.15, -0.1) is 0 Å². The number of benzene rings is 1. The molecule has 2 N–H and O–H groups in total. The van der Waals surface area contributed by atoms with Crippen molar-refractivity contribution < 1.29 is 23.5 Å². The van der Waals surface area contributed by atoms with Gasteiger partial charge in [0.05, 0.1) is 6.26 Å². The average molecular weight is 328 g/mol. The number of hydrogen-bond donors (Lipinski definition) is 2. The molecule has 0 atom stereocenters. The van der Waals surface area contributed by atoms with Gasteiger partial charge in [0, 0.05) is 6.08 Å². The predicted octanol–water partition coefficient (Wildman–Crippen LogP) is 1.61. The van der Waals surface area contributed by atoms with Gasteiger partial charge in [-0.25, -0.2) is 4.79 Å². The zero-order chi connectivity index (χ0) is 17.4. The molecule has 0 unspecified atom stereocenters. The molecule has 0 fully saturated rings. The van der Waals surface area contributed by atoms with Crippen molar-refractivity contribution >= 4 is 23.9 Å². The van der Waals surface area contributed by atoms with E-state index in [2.05, 4.69) is 10.9 Å². The first-order chi connectivity index (χ1) is 11.5. The molecule has 0 radical (unpaired) electrons. The Hall–Kier alpha value is -3.35. The molecule has 1 aromatic heterocycles. The van der Waals surface area contributed by atoms with Crippen molar-refractivity contribution in [3.05, 3.63) is 65.6 Å². The molecule has 0 aliphatic heterocycles. The van der Waals surface area contributed by atoms with Crippen LogP contribution in [-0.2, 0) is 14.3 Å². The monoisotopic (exact) mass is 328 g/mol. The van der Waals surface area contributed by atoms with Crippen LogP contribution in [0.2, 0.25) is 0 Å². The van der Waals surface area contributed by atoms with Gasteiger partial charge in [0.15, 0.2) is 12.4 Å². The molecule has 0 saturated heterocycles. The van der Waals surface area contributed by atoms with Crippen LogP contribution in [0.1, 0.15) is 21.7 Å². The molecular formula is C17H16N2O5. The minimum Gasteiger partial charge on any atom is -0.459 e. The van der Waals surface area contributed by atoms with Gasteiger partial charge in [0.2, 0.25) is 0 Å². The third-order valence-corrected chi connectivity index (χ3v) is 2.86. The van der Waals surface area contributed by atoms with Gasteiger partial charge in [-0.1, -0.05) is 29.8 Å². The molecule has 1 heterocycles. The number of carbonyl (C=O) groups is 3. The highest BCUT2D eigenvalue weighted by Gasteiger charge is 2.10. The number of rotatable bonds is 5. The van der Waals surface area contributed by atoms with Crippen LogP contribution >= 0.6 is 0 Å². The summed E-state index contributed by atoms with van der Waals surface area (Å²) in [6, 6.07) is 10.5. The first-order valence-electron chi connectivity index (χ1n) is 7.09. The van der Waals surface area contributed by atoms with Crippen LogP contribution < -0.4 is 10.9 Å². The maximum Gasteiger partial charge on any atom is 0.331 e. The molecule has 0 bridgehead atoms. The van der Waals surface area contributed by atoms with Crippen LogP contribution in [0.15, 0.2) is 53.2 Å². The number of esters is 1. The third-order valence-electron chi connectivity index (χ3n) is 2.86. The second kappa shape index (κ2) is 8.33. The Bertz CT molecular complexity index is 750. The summed E-state index contributed by atoms with van der Waals surface area (Å²) < 4.78 is 9.62. The second-order valence-electron chi connectivity index (χ2n) is 4.83. The number of hydrogen-bond acceptors (Lipinski definition) is 5. The molecule has 7 heteroatoms. The van der Waals surface area contributed by atoms with E-state index < -0.39 is 24.4 Å². The maximum absolute atomic E-state index is 11.5. The van der Waals surface area contributed by atoms with Gasteiger partial charge in [-0.05, 0) is 30.7 Å². The highest BCUT2D eigenvalue weighted by Crippen LogP contribution is 2.05. The summed E-state index contributed by atoms with van der Waals surface area (Å²) in [7, 11) is 0. The highest BCUT2D eigenvalue weighted by molar-refractivity contribution is 5.93. The Morgan fingerprint density at radius 1 is 1.17 bits per heavy atom. The number of amides is 2. The molecule has 0 spiro atoms. The minimum atomic E-state index is -0.674. The lowest BCUT2D eigenvalue weighted by Gasteiger charge is -2.05. The van der Waals surface area contributed by atoms with E-state index in [0.717, 1.165) is 11.1 Å². The van der Waals surface area contributed by atoms with Crippen LogP contribution in [0.3, 0.4) is 0 Å². The molecule has 0 saturated carbocycles. The Morgan fingerprint density at radius 3 is 2.71 bits per heavy atom. The summed E-state index contributed by atoms with van der Waals surface area (Å²) in [5, 5.41) is 0. The van der Waals surface area contributed by atoms with E-state index >= 15 is 0 Å². The van der Waals surface area contributed by atoms with Crippen LogP contribution in [0, 0.1) is 6.92 Å². The normalized spacial score (nSPS) is 10.4. The summed E-state index contributed by atoms with van der Waals surface area (Å²) in [5.41, 5.74) is 6.15. The van der Waals surface area contributed by atoms with Crippen molar-refractivity contribution in [2.45, 2.75) is 6.92 Å². The SMILES string of the molecule is Cc1cccc(/C=C/C(=O)OCC(=O)NNC(=O)c2ccco2)c1. The molecule has 124 valence electrons. The molecule has 0 aliphatic carbocycles. The lowest BCUT2D eigenvalue weighted by Crippen LogP contribution is -2.43. The van der Waals surface area contributed by atoms with Gasteiger partial charge in [-0.2, -0.15) is 0 Å². The Balaban J connectivity index is 1.71. The van der Waals surface area contributed by atoms with Crippen molar-refractivity contribution in [2.75, 3.05) is 6.61 Å². The van der Waals surface area contributed by atoms with Crippen molar-refractivity contribution in [3.63, 3.8) is 0 Å². The zero-order valence-corrected chi connectivity index (χ0v) is 12.9. The molecular weight excluding hydrogens is 312 g/mol. The second-order valence-corrected chi connectivity index (χ2v) is 4.83. The fourth-order valence-corrected chi connectivity index (χ4v) is 1.75. The first kappa shape index (κ1) is 17.0. The molecule has 0 aliphatic rings. The van der Waals surface area contributed by atoms with Gasteiger partial charge in [0.1, 0.15) is 0 Å². The fourth-order valence-electron chi connectivity index (χ4n) is 1.75. The quantitative estimate of drug-likeness (QED) is 0.494. The lowest BCUT2D eigenvalue weighted by molar-refractivity contribution is -0.144. The summed E-state index contributed by atoms with van der Waals surface area (Å²) in [5.74, 6) is -1.90. The zero-order valence-electron chi connectivity index (χ0n) is 12.9. The number of nitrogens with one attached hydrogen (secondary N) is 2. The average Bonchev–Trinajstić information content (AvgIpc) is 3.10. The van der Waals surface area contributed by atoms with Crippen LogP contribution in [-0.4, -0.2) is 24.4 Å². The first-order valence-corrected chi connectivity index (χ1v) is 7.09.